The molecule has 0 bridgehead atoms. The molecule has 0 unspecified atom stereocenters. The summed E-state index contributed by atoms with van der Waals surface area (Å²) >= 11 is 0. The molecule has 0 amide bonds. The Morgan fingerprint density at radius 2 is 2.06 bits per heavy atom. The second-order valence-corrected chi connectivity index (χ2v) is 8.39. The minimum atomic E-state index is -0.641. The maximum absolute atomic E-state index is 15.3. The van der Waals surface area contributed by atoms with E-state index in [4.69, 9.17) is 10.5 Å². The predicted octanol–water partition coefficient (Wildman–Crippen LogP) is 3.61. The zero-order chi connectivity index (χ0) is 21.6. The van der Waals surface area contributed by atoms with Gasteiger partial charge in [-0.05, 0) is 38.3 Å². The van der Waals surface area contributed by atoms with Crippen LogP contribution in [0.2, 0.25) is 0 Å². The van der Waals surface area contributed by atoms with E-state index in [1.807, 2.05) is 25.1 Å². The molecule has 1 fully saturated rings. The number of nitrogens with zero attached hydrogens (tertiary/aromatic N) is 2. The summed E-state index contributed by atoms with van der Waals surface area (Å²) in [6, 6.07) is 7.17. The number of anilines is 3. The van der Waals surface area contributed by atoms with E-state index in [2.05, 4.69) is 20.2 Å². The van der Waals surface area contributed by atoms with E-state index >= 15 is 4.39 Å². The van der Waals surface area contributed by atoms with Gasteiger partial charge in [0.1, 0.15) is 11.5 Å². The Labute approximate surface area is 179 Å². The third-order valence-corrected chi connectivity index (χ3v) is 6.54. The molecule has 3 aromatic rings. The summed E-state index contributed by atoms with van der Waals surface area (Å²) in [5, 5.41) is 6.54. The fourth-order valence-electron chi connectivity index (χ4n) is 4.94. The summed E-state index contributed by atoms with van der Waals surface area (Å²) in [6.45, 7) is 3.35. The summed E-state index contributed by atoms with van der Waals surface area (Å²) < 4.78 is 23.6. The van der Waals surface area contributed by atoms with Gasteiger partial charge in [-0.1, -0.05) is 6.07 Å². The van der Waals surface area contributed by atoms with Crippen LogP contribution >= 0.6 is 0 Å². The minimum Gasteiger partial charge on any atom is -0.489 e. The Morgan fingerprint density at radius 1 is 1.26 bits per heavy atom. The van der Waals surface area contributed by atoms with Crippen LogP contribution in [-0.2, 0) is 5.54 Å². The van der Waals surface area contributed by atoms with Gasteiger partial charge in [0.15, 0.2) is 17.0 Å². The Morgan fingerprint density at radius 3 is 2.77 bits per heavy atom. The normalized spacial score (nSPS) is 16.5. The maximum Gasteiger partial charge on any atom is 0.191 e. The summed E-state index contributed by atoms with van der Waals surface area (Å²) in [6.07, 6.45) is 5.69. The Balaban J connectivity index is 1.58. The van der Waals surface area contributed by atoms with Crippen molar-refractivity contribution in [1.29, 1.82) is 0 Å². The zero-order valence-electron chi connectivity index (χ0n) is 17.5. The van der Waals surface area contributed by atoms with Gasteiger partial charge in [-0.25, -0.2) is 9.37 Å². The van der Waals surface area contributed by atoms with Gasteiger partial charge >= 0.3 is 0 Å². The molecular weight excluding hydrogens is 397 g/mol. The largest absolute Gasteiger partial charge is 0.489 e. The number of nitrogens with two attached hydrogens (primary N) is 1. The lowest BCUT2D eigenvalue weighted by Crippen LogP contribution is -2.42. The third-order valence-electron chi connectivity index (χ3n) is 6.54. The maximum atomic E-state index is 15.3. The van der Waals surface area contributed by atoms with Gasteiger partial charge < -0.3 is 25.7 Å². The van der Waals surface area contributed by atoms with E-state index in [-0.39, 0.29) is 27.7 Å². The van der Waals surface area contributed by atoms with Crippen LogP contribution < -0.4 is 26.5 Å². The van der Waals surface area contributed by atoms with Crippen LogP contribution in [-0.4, -0.2) is 29.2 Å². The summed E-state index contributed by atoms with van der Waals surface area (Å²) in [5.74, 6) is 0.482. The lowest BCUT2D eigenvalue weighted by atomic mass is 9.73. The molecule has 0 atom stereocenters. The van der Waals surface area contributed by atoms with Gasteiger partial charge in [-0.3, -0.25) is 4.79 Å². The highest BCUT2D eigenvalue weighted by Crippen LogP contribution is 2.50. The number of fused-ring (bicyclic) bond motifs is 1. The highest BCUT2D eigenvalue weighted by atomic mass is 19.1. The minimum absolute atomic E-state index is 0.0939. The first-order valence-electron chi connectivity index (χ1n) is 10.7. The second-order valence-electron chi connectivity index (χ2n) is 8.39. The van der Waals surface area contributed by atoms with E-state index in [0.29, 0.717) is 31.0 Å². The van der Waals surface area contributed by atoms with E-state index < -0.39 is 5.82 Å². The molecule has 4 N–H and O–H groups in total. The quantitative estimate of drug-likeness (QED) is 0.429. The summed E-state index contributed by atoms with van der Waals surface area (Å²) in [5.41, 5.74) is 7.36. The van der Waals surface area contributed by atoms with Gasteiger partial charge in [0.2, 0.25) is 0 Å². The molecule has 2 aromatic heterocycles. The van der Waals surface area contributed by atoms with Crippen LogP contribution in [0.4, 0.5) is 21.6 Å². The number of hydrogen-bond donors (Lipinski definition) is 3. The van der Waals surface area contributed by atoms with Crippen LogP contribution in [0.5, 0.6) is 5.75 Å². The highest BCUT2D eigenvalue weighted by Gasteiger charge is 2.43. The van der Waals surface area contributed by atoms with Crippen molar-refractivity contribution in [1.82, 2.24) is 9.55 Å². The number of nitrogens with one attached hydrogen (secondary N) is 2. The summed E-state index contributed by atoms with van der Waals surface area (Å²) in [7, 11) is 0. The van der Waals surface area contributed by atoms with Crippen molar-refractivity contribution in [2.45, 2.75) is 38.1 Å². The van der Waals surface area contributed by atoms with Crippen molar-refractivity contribution in [2.75, 3.05) is 36.1 Å². The number of rotatable bonds is 5. The fraction of sp³-hybridized carbons (Fsp3) is 0.391. The number of aryl methyl sites for hydroxylation is 1. The van der Waals surface area contributed by atoms with Gasteiger partial charge in [-0.2, -0.15) is 0 Å². The van der Waals surface area contributed by atoms with E-state index in [9.17, 15) is 4.79 Å². The molecule has 0 saturated heterocycles. The molecule has 8 heteroatoms. The molecule has 1 aromatic carbocycles. The first kappa shape index (κ1) is 19.7. The molecule has 162 valence electrons. The standard InChI is InChI=1S/C23H26FN5O2/c1-14-13-15(30)17-19(25)18(24)20(28-11-10-27-16-5-2-3-9-26-16)22-21(17)29(14)23(6-4-7-23)8-12-31-22/h2-3,5,9,13,28H,4,6-8,10-12,25H2,1H3,(H,26,27). The van der Waals surface area contributed by atoms with Crippen molar-refractivity contribution >= 4 is 28.1 Å². The van der Waals surface area contributed by atoms with Crippen LogP contribution in [0.15, 0.2) is 35.3 Å². The Bertz CT molecular complexity index is 1200. The van der Waals surface area contributed by atoms with Crippen molar-refractivity contribution in [3.05, 3.63) is 52.2 Å². The van der Waals surface area contributed by atoms with Crippen molar-refractivity contribution in [3.63, 3.8) is 0 Å². The van der Waals surface area contributed by atoms with Gasteiger partial charge in [0, 0.05) is 43.0 Å². The molecular formula is C23H26FN5O2. The van der Waals surface area contributed by atoms with Crippen LogP contribution in [0.3, 0.4) is 0 Å². The Kier molecular flexibility index (Phi) is 4.72. The number of pyridine rings is 2. The van der Waals surface area contributed by atoms with Crippen molar-refractivity contribution < 1.29 is 9.13 Å². The molecule has 0 radical (unpaired) electrons. The second kappa shape index (κ2) is 7.44. The number of benzene rings is 1. The fourth-order valence-corrected chi connectivity index (χ4v) is 4.94. The Hall–Kier alpha value is -3.29. The molecule has 31 heavy (non-hydrogen) atoms. The number of nitrogen functional groups attached to an aromatic ring is 1. The number of ether oxygens (including phenoxy) is 1. The van der Waals surface area contributed by atoms with Crippen molar-refractivity contribution in [3.8, 4) is 5.75 Å². The summed E-state index contributed by atoms with van der Waals surface area (Å²) in [4.78, 5) is 17.0. The molecule has 3 heterocycles. The van der Waals surface area contributed by atoms with Crippen LogP contribution in [0.25, 0.3) is 10.9 Å². The molecule has 1 aliphatic carbocycles. The average Bonchev–Trinajstić information content (AvgIpc) is 2.91. The third kappa shape index (κ3) is 3.08. The zero-order valence-corrected chi connectivity index (χ0v) is 17.5. The average molecular weight is 423 g/mol. The van der Waals surface area contributed by atoms with Crippen LogP contribution in [0, 0.1) is 12.7 Å². The van der Waals surface area contributed by atoms with Gasteiger partial charge in [0.25, 0.3) is 0 Å². The predicted molar refractivity (Wildman–Crippen MR) is 120 cm³/mol. The monoisotopic (exact) mass is 423 g/mol. The lowest BCUT2D eigenvalue weighted by Gasteiger charge is -2.45. The number of halogens is 1. The molecule has 1 spiro atoms. The first-order chi connectivity index (χ1) is 15.0. The number of hydrogen-bond acceptors (Lipinski definition) is 6. The van der Waals surface area contributed by atoms with E-state index in [1.165, 1.54) is 0 Å². The van der Waals surface area contributed by atoms with Gasteiger partial charge in [0.05, 0.1) is 23.2 Å². The van der Waals surface area contributed by atoms with E-state index in [0.717, 1.165) is 37.2 Å². The molecule has 2 aliphatic rings. The lowest BCUT2D eigenvalue weighted by molar-refractivity contribution is 0.115. The van der Waals surface area contributed by atoms with Crippen LogP contribution in [0.1, 0.15) is 31.4 Å². The van der Waals surface area contributed by atoms with E-state index in [1.54, 1.807) is 12.3 Å². The molecule has 1 aliphatic heterocycles. The first-order valence-corrected chi connectivity index (χ1v) is 10.7. The molecule has 7 nitrogen and oxygen atoms in total. The topological polar surface area (TPSA) is 94.2 Å². The van der Waals surface area contributed by atoms with Gasteiger partial charge in [-0.15, -0.1) is 0 Å². The highest BCUT2D eigenvalue weighted by molar-refractivity contribution is 6.00. The molecule has 5 rings (SSSR count). The SMILES string of the molecule is Cc1cc(=O)c2c(N)c(F)c(NCCNc3ccccn3)c3c2n1C1(CCC1)CCO3. The number of aromatic nitrogens is 2. The smallest absolute Gasteiger partial charge is 0.191 e. The molecule has 1 saturated carbocycles. The van der Waals surface area contributed by atoms with Crippen molar-refractivity contribution in [2.24, 2.45) is 0 Å².